The van der Waals surface area contributed by atoms with E-state index in [0.717, 1.165) is 18.5 Å². The van der Waals surface area contributed by atoms with Gasteiger partial charge in [-0.25, -0.2) is 0 Å². The van der Waals surface area contributed by atoms with E-state index >= 15 is 0 Å². The number of aryl methyl sites for hydroxylation is 1. The van der Waals surface area contributed by atoms with Crippen molar-refractivity contribution in [2.45, 2.75) is 13.3 Å². The Labute approximate surface area is 132 Å². The maximum absolute atomic E-state index is 12.1. The lowest BCUT2D eigenvalue weighted by Crippen LogP contribution is -2.26. The molecule has 0 saturated carbocycles. The van der Waals surface area contributed by atoms with E-state index in [1.165, 1.54) is 17.6 Å². The van der Waals surface area contributed by atoms with E-state index in [1.54, 1.807) is 18.2 Å². The van der Waals surface area contributed by atoms with Gasteiger partial charge >= 0.3 is 0 Å². The van der Waals surface area contributed by atoms with Crippen molar-refractivity contribution in [2.24, 2.45) is 0 Å². The monoisotopic (exact) mass is 321 g/mol. The van der Waals surface area contributed by atoms with Gasteiger partial charge in [-0.05, 0) is 50.7 Å². The first-order chi connectivity index (χ1) is 10.6. The van der Waals surface area contributed by atoms with Crippen LogP contribution in [0.2, 0.25) is 0 Å². The molecule has 0 fully saturated rings. The number of carbonyl (C=O) groups excluding carboxylic acids is 2. The largest absolute Gasteiger partial charge is 0.459 e. The third-order valence-electron chi connectivity index (χ3n) is 2.99. The summed E-state index contributed by atoms with van der Waals surface area (Å²) in [5.74, 6) is -0.201. The van der Waals surface area contributed by atoms with Gasteiger partial charge in [0, 0.05) is 6.54 Å². The van der Waals surface area contributed by atoms with Gasteiger partial charge in [0.2, 0.25) is 0 Å². The highest BCUT2D eigenvalue weighted by Gasteiger charge is 2.16. The van der Waals surface area contributed by atoms with Crippen LogP contribution in [0.15, 0.2) is 28.9 Å². The summed E-state index contributed by atoms with van der Waals surface area (Å²) in [6, 6.07) is 5.03. The van der Waals surface area contributed by atoms with Crippen LogP contribution in [-0.4, -0.2) is 32.0 Å². The quantitative estimate of drug-likeness (QED) is 0.683. The van der Waals surface area contributed by atoms with Crippen molar-refractivity contribution in [1.29, 1.82) is 0 Å². The Morgan fingerprint density at radius 2 is 2.09 bits per heavy atom. The number of hydrogen-bond donors (Lipinski definition) is 3. The topological polar surface area (TPSA) is 83.4 Å². The molecular weight excluding hydrogens is 302 g/mol. The third kappa shape index (κ3) is 4.19. The molecule has 0 aliphatic heterocycles. The summed E-state index contributed by atoms with van der Waals surface area (Å²) in [4.78, 5) is 24.6. The summed E-state index contributed by atoms with van der Waals surface area (Å²) < 4.78 is 5.04. The minimum atomic E-state index is -0.327. The van der Waals surface area contributed by atoms with Crippen molar-refractivity contribution >= 4 is 28.2 Å². The zero-order valence-electron chi connectivity index (χ0n) is 12.6. The smallest absolute Gasteiger partial charge is 0.291 e. The number of anilines is 1. The summed E-state index contributed by atoms with van der Waals surface area (Å²) >= 11 is 1.26. The van der Waals surface area contributed by atoms with Crippen LogP contribution in [0.4, 0.5) is 5.00 Å². The normalized spacial score (nSPS) is 10.5. The molecule has 2 heterocycles. The second-order valence-electron chi connectivity index (χ2n) is 4.77. The van der Waals surface area contributed by atoms with E-state index in [1.807, 2.05) is 14.0 Å². The zero-order valence-corrected chi connectivity index (χ0v) is 13.4. The molecule has 0 unspecified atom stereocenters. The Hall–Kier alpha value is -2.12. The summed E-state index contributed by atoms with van der Waals surface area (Å²) in [6.45, 7) is 3.32. The first-order valence-corrected chi connectivity index (χ1v) is 7.81. The molecular formula is C15H19N3O3S. The fraction of sp³-hybridized carbons (Fsp3) is 0.333. The molecule has 0 bridgehead atoms. The zero-order chi connectivity index (χ0) is 15.9. The lowest BCUT2D eigenvalue weighted by Gasteiger charge is -2.03. The van der Waals surface area contributed by atoms with Crippen LogP contribution in [0.25, 0.3) is 0 Å². The van der Waals surface area contributed by atoms with Gasteiger partial charge in [-0.1, -0.05) is 0 Å². The molecule has 118 valence electrons. The van der Waals surface area contributed by atoms with E-state index in [4.69, 9.17) is 4.42 Å². The Balaban J connectivity index is 1.95. The molecule has 0 atom stereocenters. The Kier molecular flexibility index (Phi) is 5.74. The standard InChI is InChI=1S/C15H19N3O3S/c1-10-9-12(18-14(19)11-5-3-8-21-11)22-13(10)15(20)17-7-4-6-16-2/h3,5,8-9,16H,4,6-7H2,1-2H3,(H,17,20)(H,18,19). The lowest BCUT2D eigenvalue weighted by atomic mass is 10.2. The van der Waals surface area contributed by atoms with Crippen LogP contribution < -0.4 is 16.0 Å². The third-order valence-corrected chi connectivity index (χ3v) is 4.15. The molecule has 2 rings (SSSR count). The predicted molar refractivity (Wildman–Crippen MR) is 86.6 cm³/mol. The van der Waals surface area contributed by atoms with Crippen molar-refractivity contribution in [1.82, 2.24) is 10.6 Å². The van der Waals surface area contributed by atoms with E-state index in [0.29, 0.717) is 16.4 Å². The number of nitrogens with one attached hydrogen (secondary N) is 3. The highest BCUT2D eigenvalue weighted by atomic mass is 32.1. The molecule has 22 heavy (non-hydrogen) atoms. The number of carbonyl (C=O) groups is 2. The fourth-order valence-electron chi connectivity index (χ4n) is 1.90. The first kappa shape index (κ1) is 16.3. The fourth-order valence-corrected chi connectivity index (χ4v) is 2.88. The average molecular weight is 321 g/mol. The number of furan rings is 1. The second-order valence-corrected chi connectivity index (χ2v) is 5.82. The van der Waals surface area contributed by atoms with Crippen molar-refractivity contribution in [3.8, 4) is 0 Å². The molecule has 7 heteroatoms. The molecule has 2 aromatic rings. The molecule has 0 aliphatic carbocycles. The average Bonchev–Trinajstić information content (AvgIpc) is 3.13. The van der Waals surface area contributed by atoms with Crippen molar-refractivity contribution in [2.75, 3.05) is 25.5 Å². The van der Waals surface area contributed by atoms with Crippen molar-refractivity contribution < 1.29 is 14.0 Å². The van der Waals surface area contributed by atoms with E-state index in [2.05, 4.69) is 16.0 Å². The molecule has 2 aromatic heterocycles. The van der Waals surface area contributed by atoms with Crippen LogP contribution >= 0.6 is 11.3 Å². The van der Waals surface area contributed by atoms with Gasteiger partial charge < -0.3 is 20.4 Å². The van der Waals surface area contributed by atoms with Gasteiger partial charge in [-0.3, -0.25) is 9.59 Å². The molecule has 6 nitrogen and oxygen atoms in total. The SMILES string of the molecule is CNCCCNC(=O)c1sc(NC(=O)c2ccco2)cc1C. The summed E-state index contributed by atoms with van der Waals surface area (Å²) in [5.41, 5.74) is 0.839. The van der Waals surface area contributed by atoms with Crippen LogP contribution in [0.3, 0.4) is 0 Å². The van der Waals surface area contributed by atoms with Gasteiger partial charge in [-0.2, -0.15) is 0 Å². The van der Waals surface area contributed by atoms with Gasteiger partial charge in [0.1, 0.15) is 0 Å². The molecule has 0 aliphatic rings. The van der Waals surface area contributed by atoms with Gasteiger partial charge in [0.05, 0.1) is 16.1 Å². The van der Waals surface area contributed by atoms with Gasteiger partial charge in [-0.15, -0.1) is 11.3 Å². The first-order valence-electron chi connectivity index (χ1n) is 7.00. The van der Waals surface area contributed by atoms with Gasteiger partial charge in [0.15, 0.2) is 5.76 Å². The molecule has 0 spiro atoms. The molecule has 3 N–H and O–H groups in total. The Bertz CT molecular complexity index is 635. The Morgan fingerprint density at radius 1 is 1.27 bits per heavy atom. The second kappa shape index (κ2) is 7.77. The lowest BCUT2D eigenvalue weighted by molar-refractivity contribution is 0.0955. The Morgan fingerprint density at radius 3 is 2.77 bits per heavy atom. The molecule has 0 saturated heterocycles. The van der Waals surface area contributed by atoms with Crippen molar-refractivity contribution in [3.05, 3.63) is 40.7 Å². The van der Waals surface area contributed by atoms with Crippen LogP contribution in [0.1, 0.15) is 32.2 Å². The highest BCUT2D eigenvalue weighted by molar-refractivity contribution is 7.18. The minimum Gasteiger partial charge on any atom is -0.459 e. The summed E-state index contributed by atoms with van der Waals surface area (Å²) in [6.07, 6.45) is 2.31. The van der Waals surface area contributed by atoms with Crippen LogP contribution in [-0.2, 0) is 0 Å². The number of rotatable bonds is 7. The summed E-state index contributed by atoms with van der Waals surface area (Å²) in [5, 5.41) is 9.25. The van der Waals surface area contributed by atoms with E-state index < -0.39 is 0 Å². The number of thiophene rings is 1. The predicted octanol–water partition coefficient (Wildman–Crippen LogP) is 2.24. The summed E-state index contributed by atoms with van der Waals surface area (Å²) in [7, 11) is 1.87. The maximum Gasteiger partial charge on any atom is 0.291 e. The number of amides is 2. The number of hydrogen-bond acceptors (Lipinski definition) is 5. The highest BCUT2D eigenvalue weighted by Crippen LogP contribution is 2.27. The van der Waals surface area contributed by atoms with Crippen LogP contribution in [0, 0.1) is 6.92 Å². The molecule has 0 aromatic carbocycles. The minimum absolute atomic E-state index is 0.114. The van der Waals surface area contributed by atoms with Gasteiger partial charge in [0.25, 0.3) is 11.8 Å². The van der Waals surface area contributed by atoms with Crippen LogP contribution in [0.5, 0.6) is 0 Å². The molecule has 2 amide bonds. The van der Waals surface area contributed by atoms with E-state index in [9.17, 15) is 9.59 Å². The van der Waals surface area contributed by atoms with E-state index in [-0.39, 0.29) is 17.6 Å². The maximum atomic E-state index is 12.1. The van der Waals surface area contributed by atoms with Crippen molar-refractivity contribution in [3.63, 3.8) is 0 Å². The molecule has 0 radical (unpaired) electrons.